The van der Waals surface area contributed by atoms with Crippen LogP contribution in [0.25, 0.3) is 0 Å². The van der Waals surface area contributed by atoms with E-state index >= 15 is 0 Å². The van der Waals surface area contributed by atoms with Gasteiger partial charge in [0, 0.05) is 11.8 Å². The highest BCUT2D eigenvalue weighted by Gasteiger charge is 2.30. The number of nitrogens with one attached hydrogen (secondary N) is 2. The lowest BCUT2D eigenvalue weighted by Crippen LogP contribution is -2.32. The lowest BCUT2D eigenvalue weighted by Gasteiger charge is -2.12. The first-order chi connectivity index (χ1) is 18.9. The minimum absolute atomic E-state index is 0.0379. The van der Waals surface area contributed by atoms with Gasteiger partial charge in [-0.2, -0.15) is 18.3 Å². The standard InChI is InChI=1S/C24H18F3N5O8/c1-2-39-21-11-14(3-9-20(21)40-19-10-8-17(31(35)36)12-18(19)32(37)38)13-28-30-23(34)22(33)29-16-6-4-15(5-7-16)24(25,26)27/h3-13H,2H2,1H3,(H,29,33)(H,30,34). The first-order valence-electron chi connectivity index (χ1n) is 11.1. The molecule has 0 aromatic heterocycles. The molecule has 0 spiro atoms. The molecule has 3 rings (SSSR count). The van der Waals surface area contributed by atoms with Crippen molar-refractivity contribution in [1.82, 2.24) is 5.43 Å². The van der Waals surface area contributed by atoms with Crippen LogP contribution < -0.4 is 20.2 Å². The van der Waals surface area contributed by atoms with E-state index in [4.69, 9.17) is 9.47 Å². The molecule has 3 aromatic rings. The molecular weight excluding hydrogens is 543 g/mol. The van der Waals surface area contributed by atoms with Crippen molar-refractivity contribution < 1.29 is 42.1 Å². The van der Waals surface area contributed by atoms with Gasteiger partial charge in [-0.3, -0.25) is 29.8 Å². The number of hydrazone groups is 1. The molecule has 0 fully saturated rings. The number of ether oxygens (including phenoxy) is 2. The molecule has 0 bridgehead atoms. The molecule has 0 aliphatic heterocycles. The third-order valence-electron chi connectivity index (χ3n) is 4.89. The maximum absolute atomic E-state index is 12.6. The summed E-state index contributed by atoms with van der Waals surface area (Å²) in [5.41, 5.74) is 0.212. The Morgan fingerprint density at radius 2 is 1.60 bits per heavy atom. The molecule has 0 heterocycles. The zero-order valence-corrected chi connectivity index (χ0v) is 20.3. The van der Waals surface area contributed by atoms with E-state index in [1.807, 2.05) is 5.43 Å². The molecule has 2 amide bonds. The number of amides is 2. The van der Waals surface area contributed by atoms with Crippen LogP contribution in [0.3, 0.4) is 0 Å². The number of hydrogen-bond donors (Lipinski definition) is 2. The minimum Gasteiger partial charge on any atom is -0.490 e. The minimum atomic E-state index is -4.55. The second-order valence-electron chi connectivity index (χ2n) is 7.64. The molecule has 0 aliphatic carbocycles. The van der Waals surface area contributed by atoms with E-state index in [1.165, 1.54) is 18.2 Å². The third-order valence-corrected chi connectivity index (χ3v) is 4.89. The van der Waals surface area contributed by atoms with Crippen molar-refractivity contribution in [3.63, 3.8) is 0 Å². The van der Waals surface area contributed by atoms with E-state index in [2.05, 4.69) is 10.4 Å². The number of nitrogens with zero attached hydrogens (tertiary/aromatic N) is 3. The average Bonchev–Trinajstić information content (AvgIpc) is 2.89. The molecule has 3 aromatic carbocycles. The molecule has 208 valence electrons. The number of hydrogen-bond acceptors (Lipinski definition) is 9. The number of non-ortho nitro benzene ring substituents is 1. The first kappa shape index (κ1) is 29.0. The zero-order valence-electron chi connectivity index (χ0n) is 20.3. The van der Waals surface area contributed by atoms with Crippen molar-refractivity contribution in [1.29, 1.82) is 0 Å². The highest BCUT2D eigenvalue weighted by Crippen LogP contribution is 2.38. The van der Waals surface area contributed by atoms with Crippen molar-refractivity contribution >= 4 is 35.1 Å². The summed E-state index contributed by atoms with van der Waals surface area (Å²) in [5.74, 6) is -2.50. The summed E-state index contributed by atoms with van der Waals surface area (Å²) in [6, 6.07) is 10.6. The summed E-state index contributed by atoms with van der Waals surface area (Å²) in [6.07, 6.45) is -3.41. The Balaban J connectivity index is 1.69. The summed E-state index contributed by atoms with van der Waals surface area (Å²) >= 11 is 0. The fourth-order valence-corrected chi connectivity index (χ4v) is 3.07. The SMILES string of the molecule is CCOc1cc(C=NNC(=O)C(=O)Nc2ccc(C(F)(F)F)cc2)ccc1Oc1ccc([N+](=O)[O-])cc1[N+](=O)[O-]. The third kappa shape index (κ3) is 7.50. The van der Waals surface area contributed by atoms with E-state index in [0.717, 1.165) is 48.7 Å². The predicted molar refractivity (Wildman–Crippen MR) is 133 cm³/mol. The van der Waals surface area contributed by atoms with Crippen LogP contribution in [0.2, 0.25) is 0 Å². The van der Waals surface area contributed by atoms with Gasteiger partial charge in [0.25, 0.3) is 5.69 Å². The number of nitro groups is 2. The van der Waals surface area contributed by atoms with Crippen LogP contribution in [0.15, 0.2) is 65.8 Å². The Labute approximate surface area is 222 Å². The summed E-state index contributed by atoms with van der Waals surface area (Å²) in [5, 5.41) is 28.1. The van der Waals surface area contributed by atoms with Crippen molar-refractivity contribution in [3.05, 3.63) is 92.0 Å². The molecule has 2 N–H and O–H groups in total. The number of carbonyl (C=O) groups is 2. The van der Waals surface area contributed by atoms with Crippen LogP contribution in [0.4, 0.5) is 30.2 Å². The molecule has 0 atom stereocenters. The van der Waals surface area contributed by atoms with Gasteiger partial charge >= 0.3 is 23.7 Å². The lowest BCUT2D eigenvalue weighted by molar-refractivity contribution is -0.394. The summed E-state index contributed by atoms with van der Waals surface area (Å²) in [6.45, 7) is 1.83. The molecule has 40 heavy (non-hydrogen) atoms. The number of alkyl halides is 3. The van der Waals surface area contributed by atoms with Gasteiger partial charge in [-0.15, -0.1) is 0 Å². The van der Waals surface area contributed by atoms with E-state index in [-0.39, 0.29) is 29.5 Å². The molecule has 0 saturated carbocycles. The normalized spacial score (nSPS) is 11.1. The maximum atomic E-state index is 12.6. The van der Waals surface area contributed by atoms with E-state index in [1.54, 1.807) is 6.92 Å². The van der Waals surface area contributed by atoms with Crippen molar-refractivity contribution in [2.45, 2.75) is 13.1 Å². The Bertz CT molecular complexity index is 1480. The molecule has 0 aliphatic rings. The van der Waals surface area contributed by atoms with Crippen LogP contribution in [0, 0.1) is 20.2 Å². The molecule has 0 unspecified atom stereocenters. The van der Waals surface area contributed by atoms with Gasteiger partial charge in [0.2, 0.25) is 5.75 Å². The summed E-state index contributed by atoms with van der Waals surface area (Å²) in [7, 11) is 0. The largest absolute Gasteiger partial charge is 0.490 e. The maximum Gasteiger partial charge on any atom is 0.416 e. The summed E-state index contributed by atoms with van der Waals surface area (Å²) in [4.78, 5) is 44.7. The molecule has 16 heteroatoms. The van der Waals surface area contributed by atoms with Gasteiger partial charge in [0.05, 0.1) is 34.3 Å². The van der Waals surface area contributed by atoms with Gasteiger partial charge in [0.15, 0.2) is 11.5 Å². The number of carbonyl (C=O) groups excluding carboxylic acids is 2. The fourth-order valence-electron chi connectivity index (χ4n) is 3.07. The van der Waals surface area contributed by atoms with Gasteiger partial charge in [-0.25, -0.2) is 5.43 Å². The molecule has 0 radical (unpaired) electrons. The van der Waals surface area contributed by atoms with Crippen molar-refractivity contribution in [2.24, 2.45) is 5.10 Å². The quantitative estimate of drug-likeness (QED) is 0.162. The average molecular weight is 561 g/mol. The highest BCUT2D eigenvalue weighted by molar-refractivity contribution is 6.39. The number of benzene rings is 3. The number of anilines is 1. The Morgan fingerprint density at radius 1 is 0.925 bits per heavy atom. The van der Waals surface area contributed by atoms with E-state index < -0.39 is 44.8 Å². The summed E-state index contributed by atoms with van der Waals surface area (Å²) < 4.78 is 49.0. The number of rotatable bonds is 9. The van der Waals surface area contributed by atoms with Crippen LogP contribution in [0.5, 0.6) is 17.2 Å². The topological polar surface area (TPSA) is 175 Å². The Hall–Kier alpha value is -5.54. The van der Waals surface area contributed by atoms with Gasteiger partial charge in [0.1, 0.15) is 0 Å². The van der Waals surface area contributed by atoms with Gasteiger partial charge in [-0.05, 0) is 61.0 Å². The Kier molecular flexibility index (Phi) is 8.95. The van der Waals surface area contributed by atoms with Crippen molar-refractivity contribution in [2.75, 3.05) is 11.9 Å². The van der Waals surface area contributed by atoms with Crippen molar-refractivity contribution in [3.8, 4) is 17.2 Å². The second-order valence-corrected chi connectivity index (χ2v) is 7.64. The van der Waals surface area contributed by atoms with Gasteiger partial charge in [-0.1, -0.05) is 0 Å². The monoisotopic (exact) mass is 561 g/mol. The Morgan fingerprint density at radius 3 is 2.20 bits per heavy atom. The predicted octanol–water partition coefficient (Wildman–Crippen LogP) is 4.80. The first-order valence-corrected chi connectivity index (χ1v) is 11.1. The van der Waals surface area contributed by atoms with Gasteiger partial charge < -0.3 is 14.8 Å². The van der Waals surface area contributed by atoms with Crippen LogP contribution >= 0.6 is 0 Å². The van der Waals surface area contributed by atoms with Crippen LogP contribution in [0.1, 0.15) is 18.1 Å². The number of halogens is 3. The number of nitro benzene ring substituents is 2. The molecule has 13 nitrogen and oxygen atoms in total. The van der Waals surface area contributed by atoms with E-state index in [9.17, 15) is 43.0 Å². The molecule has 0 saturated heterocycles. The highest BCUT2D eigenvalue weighted by atomic mass is 19.4. The lowest BCUT2D eigenvalue weighted by atomic mass is 10.2. The van der Waals surface area contributed by atoms with E-state index in [0.29, 0.717) is 5.56 Å². The second kappa shape index (κ2) is 12.3. The molecular formula is C24H18F3N5O8. The fraction of sp³-hybridized carbons (Fsp3) is 0.125. The van der Waals surface area contributed by atoms with Crippen LogP contribution in [-0.2, 0) is 15.8 Å². The van der Waals surface area contributed by atoms with Crippen LogP contribution in [-0.4, -0.2) is 34.5 Å². The smallest absolute Gasteiger partial charge is 0.416 e. The zero-order chi connectivity index (χ0) is 29.4.